The average molecular weight is 324 g/mol. The zero-order valence-electron chi connectivity index (χ0n) is 13.2. The van der Waals surface area contributed by atoms with Crippen LogP contribution >= 0.6 is 11.6 Å². The lowest BCUT2D eigenvalue weighted by molar-refractivity contribution is -0.133. The number of nitrogens with zero attached hydrogens (tertiary/aromatic N) is 1. The van der Waals surface area contributed by atoms with E-state index in [0.29, 0.717) is 6.42 Å². The SMILES string of the molecule is C[C@H](C[C@H](N)C(=O)N1CCCCC1)NCc1ccc(Cl)cc1. The van der Waals surface area contributed by atoms with Crippen molar-refractivity contribution in [3.05, 3.63) is 34.9 Å². The maximum atomic E-state index is 12.3. The molecule has 1 saturated heterocycles. The van der Waals surface area contributed by atoms with Crippen molar-refractivity contribution in [1.29, 1.82) is 0 Å². The fourth-order valence-electron chi connectivity index (χ4n) is 2.81. The predicted molar refractivity (Wildman–Crippen MR) is 90.8 cm³/mol. The van der Waals surface area contributed by atoms with Gasteiger partial charge in [0.1, 0.15) is 0 Å². The molecule has 5 heteroatoms. The predicted octanol–water partition coefficient (Wildman–Crippen LogP) is 2.55. The van der Waals surface area contributed by atoms with Crippen molar-refractivity contribution in [3.63, 3.8) is 0 Å². The number of carbonyl (C=O) groups is 1. The number of rotatable bonds is 6. The van der Waals surface area contributed by atoms with Crippen molar-refractivity contribution in [2.24, 2.45) is 5.73 Å². The van der Waals surface area contributed by atoms with Crippen molar-refractivity contribution >= 4 is 17.5 Å². The molecular weight excluding hydrogens is 298 g/mol. The van der Waals surface area contributed by atoms with E-state index in [2.05, 4.69) is 12.2 Å². The summed E-state index contributed by atoms with van der Waals surface area (Å²) in [4.78, 5) is 14.2. The molecular formula is C17H26ClN3O. The molecule has 0 aliphatic carbocycles. The minimum atomic E-state index is -0.411. The molecule has 22 heavy (non-hydrogen) atoms. The normalized spacial score (nSPS) is 18.0. The largest absolute Gasteiger partial charge is 0.341 e. The van der Waals surface area contributed by atoms with Crippen molar-refractivity contribution in [2.75, 3.05) is 13.1 Å². The molecule has 1 aromatic rings. The van der Waals surface area contributed by atoms with Gasteiger partial charge in [-0.2, -0.15) is 0 Å². The molecule has 2 rings (SSSR count). The Bertz CT molecular complexity index is 471. The second-order valence-electron chi connectivity index (χ2n) is 6.14. The van der Waals surface area contributed by atoms with Gasteiger partial charge < -0.3 is 16.0 Å². The second-order valence-corrected chi connectivity index (χ2v) is 6.57. The van der Waals surface area contributed by atoms with Gasteiger partial charge in [-0.05, 0) is 50.3 Å². The highest BCUT2D eigenvalue weighted by Crippen LogP contribution is 2.12. The number of likely N-dealkylation sites (tertiary alicyclic amines) is 1. The van der Waals surface area contributed by atoms with E-state index in [0.717, 1.165) is 37.5 Å². The first-order chi connectivity index (χ1) is 10.6. The Morgan fingerprint density at radius 3 is 2.55 bits per heavy atom. The maximum absolute atomic E-state index is 12.3. The van der Waals surface area contributed by atoms with E-state index < -0.39 is 6.04 Å². The van der Waals surface area contributed by atoms with Gasteiger partial charge >= 0.3 is 0 Å². The number of halogens is 1. The van der Waals surface area contributed by atoms with Crippen LogP contribution < -0.4 is 11.1 Å². The Morgan fingerprint density at radius 2 is 1.91 bits per heavy atom. The van der Waals surface area contributed by atoms with Crippen LogP contribution in [0.15, 0.2) is 24.3 Å². The third-order valence-corrected chi connectivity index (χ3v) is 4.41. The van der Waals surface area contributed by atoms with E-state index in [9.17, 15) is 4.79 Å². The van der Waals surface area contributed by atoms with Crippen molar-refractivity contribution in [2.45, 2.75) is 51.2 Å². The summed E-state index contributed by atoms with van der Waals surface area (Å²) in [6, 6.07) is 7.55. The number of hydrogen-bond donors (Lipinski definition) is 2. The molecule has 1 aliphatic heterocycles. The summed E-state index contributed by atoms with van der Waals surface area (Å²) in [6.07, 6.45) is 4.08. The molecule has 1 aromatic carbocycles. The standard InChI is InChI=1S/C17H26ClN3O/c1-13(20-12-14-5-7-15(18)8-6-14)11-16(19)17(22)21-9-3-2-4-10-21/h5-8,13,16,20H,2-4,9-12,19H2,1H3/t13-,16+/m1/s1. The summed E-state index contributed by atoms with van der Waals surface area (Å²) in [7, 11) is 0. The number of hydrogen-bond acceptors (Lipinski definition) is 3. The van der Waals surface area contributed by atoms with Gasteiger partial charge in [-0.15, -0.1) is 0 Å². The fourth-order valence-corrected chi connectivity index (χ4v) is 2.93. The van der Waals surface area contributed by atoms with E-state index >= 15 is 0 Å². The van der Waals surface area contributed by atoms with Crippen molar-refractivity contribution in [3.8, 4) is 0 Å². The monoisotopic (exact) mass is 323 g/mol. The molecule has 0 bridgehead atoms. The number of nitrogens with one attached hydrogen (secondary N) is 1. The minimum absolute atomic E-state index is 0.0971. The molecule has 4 nitrogen and oxygen atoms in total. The van der Waals surface area contributed by atoms with Crippen LogP contribution in [0, 0.1) is 0 Å². The summed E-state index contributed by atoms with van der Waals surface area (Å²) < 4.78 is 0. The van der Waals surface area contributed by atoms with Crippen LogP contribution in [0.2, 0.25) is 5.02 Å². The zero-order valence-corrected chi connectivity index (χ0v) is 14.0. The lowest BCUT2D eigenvalue weighted by Gasteiger charge is -2.30. The molecule has 0 spiro atoms. The van der Waals surface area contributed by atoms with Crippen LogP contribution in [0.4, 0.5) is 0 Å². The van der Waals surface area contributed by atoms with Gasteiger partial charge in [0.15, 0.2) is 0 Å². The summed E-state index contributed by atoms with van der Waals surface area (Å²) in [5, 5.41) is 4.15. The van der Waals surface area contributed by atoms with Gasteiger partial charge in [0, 0.05) is 30.7 Å². The molecule has 122 valence electrons. The van der Waals surface area contributed by atoms with Gasteiger partial charge in [-0.3, -0.25) is 4.79 Å². The van der Waals surface area contributed by atoms with Crippen LogP contribution in [0.1, 0.15) is 38.2 Å². The first-order valence-electron chi connectivity index (χ1n) is 8.08. The summed E-state index contributed by atoms with van der Waals surface area (Å²) in [5.74, 6) is 0.0971. The third-order valence-electron chi connectivity index (χ3n) is 4.16. The highest BCUT2D eigenvalue weighted by molar-refractivity contribution is 6.30. The Hall–Kier alpha value is -1.10. The first-order valence-corrected chi connectivity index (χ1v) is 8.46. The Morgan fingerprint density at radius 1 is 1.27 bits per heavy atom. The summed E-state index contributed by atoms with van der Waals surface area (Å²) in [6.45, 7) is 4.54. The van der Waals surface area contributed by atoms with E-state index in [1.165, 1.54) is 12.0 Å². The van der Waals surface area contributed by atoms with Gasteiger partial charge in [-0.1, -0.05) is 23.7 Å². The summed E-state index contributed by atoms with van der Waals surface area (Å²) >= 11 is 5.87. The molecule has 2 atom stereocenters. The smallest absolute Gasteiger partial charge is 0.239 e. The maximum Gasteiger partial charge on any atom is 0.239 e. The summed E-state index contributed by atoms with van der Waals surface area (Å²) in [5.41, 5.74) is 7.26. The molecule has 3 N–H and O–H groups in total. The van der Waals surface area contributed by atoms with Crippen LogP contribution in [-0.2, 0) is 11.3 Å². The molecule has 0 aromatic heterocycles. The zero-order chi connectivity index (χ0) is 15.9. The van der Waals surface area contributed by atoms with Gasteiger partial charge in [0.25, 0.3) is 0 Å². The molecule has 0 saturated carbocycles. The van der Waals surface area contributed by atoms with Gasteiger partial charge in [-0.25, -0.2) is 0 Å². The Labute approximate surface area is 138 Å². The number of amides is 1. The molecule has 0 unspecified atom stereocenters. The third kappa shape index (κ3) is 5.27. The average Bonchev–Trinajstić information content (AvgIpc) is 2.54. The lowest BCUT2D eigenvalue weighted by atomic mass is 10.1. The van der Waals surface area contributed by atoms with E-state index in [4.69, 9.17) is 17.3 Å². The number of piperidine rings is 1. The number of benzene rings is 1. The number of carbonyl (C=O) groups excluding carboxylic acids is 1. The van der Waals surface area contributed by atoms with Gasteiger partial charge in [0.05, 0.1) is 6.04 Å². The van der Waals surface area contributed by atoms with Gasteiger partial charge in [0.2, 0.25) is 5.91 Å². The van der Waals surface area contributed by atoms with E-state index in [1.807, 2.05) is 29.2 Å². The van der Waals surface area contributed by atoms with Crippen molar-refractivity contribution < 1.29 is 4.79 Å². The van der Waals surface area contributed by atoms with Crippen LogP contribution in [0.25, 0.3) is 0 Å². The van der Waals surface area contributed by atoms with E-state index in [1.54, 1.807) is 0 Å². The second kappa shape index (κ2) is 8.51. The lowest BCUT2D eigenvalue weighted by Crippen LogP contribution is -2.48. The van der Waals surface area contributed by atoms with Crippen LogP contribution in [0.3, 0.4) is 0 Å². The molecule has 1 amide bonds. The first kappa shape index (κ1) is 17.3. The molecule has 1 fully saturated rings. The fraction of sp³-hybridized carbons (Fsp3) is 0.588. The molecule has 1 heterocycles. The molecule has 0 radical (unpaired) electrons. The van der Waals surface area contributed by atoms with Crippen molar-refractivity contribution in [1.82, 2.24) is 10.2 Å². The quantitative estimate of drug-likeness (QED) is 0.846. The van der Waals surface area contributed by atoms with Crippen LogP contribution in [0.5, 0.6) is 0 Å². The number of nitrogens with two attached hydrogens (primary N) is 1. The Balaban J connectivity index is 1.74. The van der Waals surface area contributed by atoms with E-state index in [-0.39, 0.29) is 11.9 Å². The topological polar surface area (TPSA) is 58.4 Å². The minimum Gasteiger partial charge on any atom is -0.341 e. The Kier molecular flexibility index (Phi) is 6.68. The highest BCUT2D eigenvalue weighted by atomic mass is 35.5. The highest BCUT2D eigenvalue weighted by Gasteiger charge is 2.23. The van der Waals surface area contributed by atoms with Crippen LogP contribution in [-0.4, -0.2) is 36.0 Å². The molecule has 1 aliphatic rings.